The minimum Gasteiger partial charge on any atom is -0.508 e. The standard InChI is InChI=1S/C14H11FO3/c1-8-6-9(3-5-13(8)16)10-2-4-11(14(17)18)12(15)7-10/h2-7,16H,1H3,(H,17,18). The molecule has 0 fully saturated rings. The van der Waals surface area contributed by atoms with Crippen LogP contribution in [0.3, 0.4) is 0 Å². The van der Waals surface area contributed by atoms with Crippen LogP contribution in [0.4, 0.5) is 4.39 Å². The lowest BCUT2D eigenvalue weighted by molar-refractivity contribution is 0.0692. The molecule has 2 aromatic carbocycles. The Labute approximate surface area is 103 Å². The summed E-state index contributed by atoms with van der Waals surface area (Å²) >= 11 is 0. The highest BCUT2D eigenvalue weighted by molar-refractivity contribution is 5.88. The molecule has 2 N–H and O–H groups in total. The van der Waals surface area contributed by atoms with Crippen molar-refractivity contribution in [2.45, 2.75) is 6.92 Å². The fraction of sp³-hybridized carbons (Fsp3) is 0.0714. The van der Waals surface area contributed by atoms with Crippen LogP contribution in [0.15, 0.2) is 36.4 Å². The Hall–Kier alpha value is -2.36. The average Bonchev–Trinajstić information content (AvgIpc) is 2.32. The number of rotatable bonds is 2. The first kappa shape index (κ1) is 12.1. The average molecular weight is 246 g/mol. The molecule has 0 aliphatic carbocycles. The highest BCUT2D eigenvalue weighted by atomic mass is 19.1. The minimum atomic E-state index is -1.29. The Morgan fingerprint density at radius 3 is 2.28 bits per heavy atom. The molecule has 0 saturated heterocycles. The molecule has 4 heteroatoms. The van der Waals surface area contributed by atoms with Crippen LogP contribution in [0.1, 0.15) is 15.9 Å². The maximum atomic E-state index is 13.5. The van der Waals surface area contributed by atoms with Gasteiger partial charge in [-0.05, 0) is 47.9 Å². The summed E-state index contributed by atoms with van der Waals surface area (Å²) in [6.07, 6.45) is 0. The molecule has 0 saturated carbocycles. The van der Waals surface area contributed by atoms with Crippen LogP contribution in [-0.2, 0) is 0 Å². The number of carboxylic acid groups (broad SMARTS) is 1. The van der Waals surface area contributed by atoms with Gasteiger partial charge in [-0.25, -0.2) is 9.18 Å². The highest BCUT2D eigenvalue weighted by Crippen LogP contribution is 2.26. The molecular weight excluding hydrogens is 235 g/mol. The number of phenols is 1. The monoisotopic (exact) mass is 246 g/mol. The molecule has 0 aliphatic heterocycles. The fourth-order valence-corrected chi connectivity index (χ4v) is 1.70. The van der Waals surface area contributed by atoms with E-state index in [1.165, 1.54) is 18.2 Å². The second-order valence-corrected chi connectivity index (χ2v) is 4.00. The number of phenolic OH excluding ortho intramolecular Hbond substituents is 1. The number of hydrogen-bond donors (Lipinski definition) is 2. The molecule has 2 aromatic rings. The molecule has 3 nitrogen and oxygen atoms in total. The molecular formula is C14H11FO3. The number of hydrogen-bond acceptors (Lipinski definition) is 2. The number of benzene rings is 2. The number of aryl methyl sites for hydroxylation is 1. The molecule has 0 heterocycles. The van der Waals surface area contributed by atoms with Crippen molar-refractivity contribution in [3.63, 3.8) is 0 Å². The normalized spacial score (nSPS) is 10.3. The minimum absolute atomic E-state index is 0.168. The fourth-order valence-electron chi connectivity index (χ4n) is 1.70. The Morgan fingerprint density at radius 1 is 1.11 bits per heavy atom. The molecule has 0 radical (unpaired) electrons. The van der Waals surface area contributed by atoms with E-state index in [0.29, 0.717) is 11.1 Å². The first-order valence-electron chi connectivity index (χ1n) is 5.32. The zero-order valence-corrected chi connectivity index (χ0v) is 9.64. The Balaban J connectivity index is 2.48. The molecule has 0 bridgehead atoms. The van der Waals surface area contributed by atoms with Crippen LogP contribution in [0.2, 0.25) is 0 Å². The molecule has 0 aromatic heterocycles. The molecule has 0 unspecified atom stereocenters. The number of aromatic hydroxyl groups is 1. The van der Waals surface area contributed by atoms with Crippen LogP contribution < -0.4 is 0 Å². The summed E-state index contributed by atoms with van der Waals surface area (Å²) in [6, 6.07) is 8.83. The van der Waals surface area contributed by atoms with Crippen LogP contribution in [-0.4, -0.2) is 16.2 Å². The van der Waals surface area contributed by atoms with Crippen molar-refractivity contribution in [1.82, 2.24) is 0 Å². The van der Waals surface area contributed by atoms with Gasteiger partial charge in [-0.2, -0.15) is 0 Å². The largest absolute Gasteiger partial charge is 0.508 e. The maximum absolute atomic E-state index is 13.5. The quantitative estimate of drug-likeness (QED) is 0.855. The summed E-state index contributed by atoms with van der Waals surface area (Å²) in [5.41, 5.74) is 1.62. The Bertz CT molecular complexity index is 620. The van der Waals surface area contributed by atoms with Crippen LogP contribution in [0, 0.1) is 12.7 Å². The summed E-state index contributed by atoms with van der Waals surface area (Å²) < 4.78 is 13.5. The number of carbonyl (C=O) groups is 1. The van der Waals surface area contributed by atoms with Gasteiger partial charge in [0.2, 0.25) is 0 Å². The van der Waals surface area contributed by atoms with Gasteiger partial charge in [0.05, 0.1) is 5.56 Å². The topological polar surface area (TPSA) is 57.5 Å². The van der Waals surface area contributed by atoms with E-state index in [-0.39, 0.29) is 11.3 Å². The third-order valence-corrected chi connectivity index (χ3v) is 2.73. The Morgan fingerprint density at radius 2 is 1.72 bits per heavy atom. The van der Waals surface area contributed by atoms with Gasteiger partial charge in [-0.1, -0.05) is 12.1 Å². The van der Waals surface area contributed by atoms with Gasteiger partial charge < -0.3 is 10.2 Å². The predicted molar refractivity (Wildman–Crippen MR) is 65.2 cm³/mol. The molecule has 2 rings (SSSR count). The zero-order valence-electron chi connectivity index (χ0n) is 9.64. The number of carboxylic acids is 1. The lowest BCUT2D eigenvalue weighted by Crippen LogP contribution is -2.00. The van der Waals surface area contributed by atoms with Gasteiger partial charge >= 0.3 is 5.97 Å². The van der Waals surface area contributed by atoms with Crippen LogP contribution >= 0.6 is 0 Å². The highest BCUT2D eigenvalue weighted by Gasteiger charge is 2.11. The van der Waals surface area contributed by atoms with Gasteiger partial charge in [0.1, 0.15) is 11.6 Å². The van der Waals surface area contributed by atoms with Gasteiger partial charge in [-0.3, -0.25) is 0 Å². The smallest absolute Gasteiger partial charge is 0.338 e. The van der Waals surface area contributed by atoms with E-state index in [4.69, 9.17) is 5.11 Å². The van der Waals surface area contributed by atoms with Gasteiger partial charge in [0.15, 0.2) is 0 Å². The molecule has 0 amide bonds. The van der Waals surface area contributed by atoms with Crippen molar-refractivity contribution in [3.8, 4) is 16.9 Å². The van der Waals surface area contributed by atoms with Gasteiger partial charge in [-0.15, -0.1) is 0 Å². The summed E-state index contributed by atoms with van der Waals surface area (Å²) in [4.78, 5) is 10.7. The van der Waals surface area contributed by atoms with Crippen molar-refractivity contribution in [2.24, 2.45) is 0 Å². The molecule has 0 aliphatic rings. The molecule has 0 atom stereocenters. The zero-order chi connectivity index (χ0) is 13.3. The third kappa shape index (κ3) is 2.18. The summed E-state index contributed by atoms with van der Waals surface area (Å²) in [5.74, 6) is -1.90. The first-order valence-corrected chi connectivity index (χ1v) is 5.32. The van der Waals surface area contributed by atoms with Gasteiger partial charge in [0.25, 0.3) is 0 Å². The van der Waals surface area contributed by atoms with Crippen LogP contribution in [0.25, 0.3) is 11.1 Å². The van der Waals surface area contributed by atoms with Gasteiger partial charge in [0, 0.05) is 0 Å². The molecule has 18 heavy (non-hydrogen) atoms. The Kier molecular flexibility index (Phi) is 3.02. The van der Waals surface area contributed by atoms with E-state index in [1.807, 2.05) is 0 Å². The lowest BCUT2D eigenvalue weighted by Gasteiger charge is -2.06. The second kappa shape index (κ2) is 4.49. The summed E-state index contributed by atoms with van der Waals surface area (Å²) in [5, 5.41) is 18.1. The maximum Gasteiger partial charge on any atom is 0.338 e. The lowest BCUT2D eigenvalue weighted by atomic mass is 10.0. The van der Waals surface area contributed by atoms with E-state index in [9.17, 15) is 14.3 Å². The van der Waals surface area contributed by atoms with Crippen molar-refractivity contribution < 1.29 is 19.4 Å². The summed E-state index contributed by atoms with van der Waals surface area (Å²) in [7, 11) is 0. The second-order valence-electron chi connectivity index (χ2n) is 4.00. The van der Waals surface area contributed by atoms with Crippen molar-refractivity contribution in [2.75, 3.05) is 0 Å². The van der Waals surface area contributed by atoms with E-state index in [0.717, 1.165) is 5.56 Å². The van der Waals surface area contributed by atoms with E-state index in [1.54, 1.807) is 25.1 Å². The third-order valence-electron chi connectivity index (χ3n) is 2.73. The van der Waals surface area contributed by atoms with E-state index in [2.05, 4.69) is 0 Å². The summed E-state index contributed by atoms with van der Waals surface area (Å²) in [6.45, 7) is 1.74. The SMILES string of the molecule is Cc1cc(-c2ccc(C(=O)O)c(F)c2)ccc1O. The predicted octanol–water partition coefficient (Wildman–Crippen LogP) is 3.20. The number of aromatic carboxylic acids is 1. The van der Waals surface area contributed by atoms with E-state index < -0.39 is 11.8 Å². The van der Waals surface area contributed by atoms with Crippen LogP contribution in [0.5, 0.6) is 5.75 Å². The molecule has 0 spiro atoms. The first-order chi connectivity index (χ1) is 8.49. The van der Waals surface area contributed by atoms with Crippen molar-refractivity contribution in [1.29, 1.82) is 0 Å². The van der Waals surface area contributed by atoms with E-state index >= 15 is 0 Å². The molecule has 92 valence electrons. The van der Waals surface area contributed by atoms with Crippen molar-refractivity contribution in [3.05, 3.63) is 53.3 Å². The van der Waals surface area contributed by atoms with Crippen molar-refractivity contribution >= 4 is 5.97 Å². The number of halogens is 1.